The first-order valence-corrected chi connectivity index (χ1v) is 9.90. The van der Waals surface area contributed by atoms with E-state index in [0.29, 0.717) is 42.5 Å². The van der Waals surface area contributed by atoms with Crippen molar-refractivity contribution in [1.29, 1.82) is 0 Å². The summed E-state index contributed by atoms with van der Waals surface area (Å²) in [5.74, 6) is 0.396. The molecule has 0 spiro atoms. The summed E-state index contributed by atoms with van der Waals surface area (Å²) in [5, 5.41) is 3.01. The van der Waals surface area contributed by atoms with Gasteiger partial charge in [0.1, 0.15) is 4.21 Å². The number of thiophene rings is 1. The number of aryl methyl sites for hydroxylation is 1. The molecule has 0 atom stereocenters. The van der Waals surface area contributed by atoms with Crippen LogP contribution in [-0.2, 0) is 14.8 Å². The van der Waals surface area contributed by atoms with Crippen LogP contribution in [0.3, 0.4) is 0 Å². The van der Waals surface area contributed by atoms with Gasteiger partial charge in [-0.15, -0.1) is 11.3 Å². The van der Waals surface area contributed by atoms with Crippen molar-refractivity contribution in [1.82, 2.24) is 9.62 Å². The minimum atomic E-state index is -3.37. The number of piperidine rings is 1. The molecule has 22 heavy (non-hydrogen) atoms. The molecule has 2 heterocycles. The largest absolute Gasteiger partial charge is 0.353 e. The molecule has 1 saturated heterocycles. The van der Waals surface area contributed by atoms with Gasteiger partial charge in [-0.05, 0) is 37.8 Å². The lowest BCUT2D eigenvalue weighted by Gasteiger charge is -2.31. The molecule has 1 aromatic heterocycles. The Morgan fingerprint density at radius 1 is 1.36 bits per heavy atom. The topological polar surface area (TPSA) is 66.5 Å². The summed E-state index contributed by atoms with van der Waals surface area (Å²) in [6.07, 6.45) is 1.87. The Labute approximate surface area is 136 Å². The molecule has 0 unspecified atom stereocenters. The Morgan fingerprint density at radius 3 is 2.50 bits per heavy atom. The molecule has 0 aliphatic carbocycles. The van der Waals surface area contributed by atoms with E-state index < -0.39 is 10.0 Å². The fourth-order valence-electron chi connectivity index (χ4n) is 2.58. The molecule has 7 heteroatoms. The van der Waals surface area contributed by atoms with Crippen molar-refractivity contribution in [2.75, 3.05) is 13.1 Å². The number of hydrogen-bond donors (Lipinski definition) is 1. The molecular weight excluding hydrogens is 320 g/mol. The molecule has 1 fully saturated rings. The van der Waals surface area contributed by atoms with E-state index in [1.54, 1.807) is 6.07 Å². The third-order valence-corrected chi connectivity index (χ3v) is 7.09. The van der Waals surface area contributed by atoms with Crippen LogP contribution in [-0.4, -0.2) is 37.8 Å². The van der Waals surface area contributed by atoms with E-state index in [2.05, 4.69) is 5.32 Å². The van der Waals surface area contributed by atoms with Crippen LogP contribution < -0.4 is 5.32 Å². The number of nitrogens with zero attached hydrogens (tertiary/aromatic N) is 1. The SMILES string of the molecule is Cc1ccc(S(=O)(=O)N2CCC(NC(=O)CC(C)C)CC2)s1. The van der Waals surface area contributed by atoms with Gasteiger partial charge in [0.15, 0.2) is 0 Å². The van der Waals surface area contributed by atoms with E-state index in [1.807, 2.05) is 26.8 Å². The van der Waals surface area contributed by atoms with Gasteiger partial charge in [-0.3, -0.25) is 4.79 Å². The van der Waals surface area contributed by atoms with Gasteiger partial charge in [-0.1, -0.05) is 13.8 Å². The summed E-state index contributed by atoms with van der Waals surface area (Å²) in [4.78, 5) is 12.8. The van der Waals surface area contributed by atoms with Crippen molar-refractivity contribution in [3.05, 3.63) is 17.0 Å². The first kappa shape index (κ1) is 17.4. The van der Waals surface area contributed by atoms with Crippen LogP contribution in [0, 0.1) is 12.8 Å². The van der Waals surface area contributed by atoms with Gasteiger partial charge in [-0.25, -0.2) is 8.42 Å². The molecule has 124 valence electrons. The smallest absolute Gasteiger partial charge is 0.252 e. The Hall–Kier alpha value is -0.920. The highest BCUT2D eigenvalue weighted by Gasteiger charge is 2.30. The fourth-order valence-corrected chi connectivity index (χ4v) is 5.48. The minimum absolute atomic E-state index is 0.0604. The molecule has 1 aliphatic rings. The highest BCUT2D eigenvalue weighted by atomic mass is 32.2. The second kappa shape index (κ2) is 7.10. The molecule has 5 nitrogen and oxygen atoms in total. The lowest BCUT2D eigenvalue weighted by Crippen LogP contribution is -2.46. The molecule has 2 rings (SSSR count). The first-order valence-electron chi connectivity index (χ1n) is 7.65. The van der Waals surface area contributed by atoms with Crippen LogP contribution in [0.2, 0.25) is 0 Å². The third kappa shape index (κ3) is 4.30. The van der Waals surface area contributed by atoms with Crippen LogP contribution in [0.15, 0.2) is 16.3 Å². The minimum Gasteiger partial charge on any atom is -0.353 e. The summed E-state index contributed by atoms with van der Waals surface area (Å²) >= 11 is 1.31. The quantitative estimate of drug-likeness (QED) is 0.892. The predicted octanol–water partition coefficient (Wildman–Crippen LogP) is 2.37. The molecular formula is C15H24N2O3S2. The summed E-state index contributed by atoms with van der Waals surface area (Å²) in [6.45, 7) is 6.85. The van der Waals surface area contributed by atoms with Crippen LogP contribution in [0.1, 0.15) is 38.0 Å². The van der Waals surface area contributed by atoms with E-state index >= 15 is 0 Å². The summed E-state index contributed by atoms with van der Waals surface area (Å²) in [6, 6.07) is 3.59. The van der Waals surface area contributed by atoms with Crippen molar-refractivity contribution >= 4 is 27.3 Å². The standard InChI is InChI=1S/C15H24N2O3S2/c1-11(2)10-14(18)16-13-6-8-17(9-7-13)22(19,20)15-5-4-12(3)21-15/h4-5,11,13H,6-10H2,1-3H3,(H,16,18). The highest BCUT2D eigenvalue weighted by molar-refractivity contribution is 7.91. The third-order valence-electron chi connectivity index (χ3n) is 3.72. The number of rotatable bonds is 5. The van der Waals surface area contributed by atoms with Gasteiger partial charge in [0, 0.05) is 30.4 Å². The normalized spacial score (nSPS) is 17.8. The van der Waals surface area contributed by atoms with Crippen LogP contribution in [0.5, 0.6) is 0 Å². The maximum Gasteiger partial charge on any atom is 0.252 e. The summed E-state index contributed by atoms with van der Waals surface area (Å²) in [7, 11) is -3.37. The van der Waals surface area contributed by atoms with Gasteiger partial charge < -0.3 is 5.32 Å². The molecule has 0 radical (unpaired) electrons. The van der Waals surface area contributed by atoms with E-state index in [9.17, 15) is 13.2 Å². The molecule has 1 aromatic rings. The monoisotopic (exact) mass is 344 g/mol. The second-order valence-electron chi connectivity index (χ2n) is 6.21. The van der Waals surface area contributed by atoms with Gasteiger partial charge in [-0.2, -0.15) is 4.31 Å². The maximum atomic E-state index is 12.5. The van der Waals surface area contributed by atoms with Gasteiger partial charge in [0.05, 0.1) is 0 Å². The molecule has 0 aromatic carbocycles. The number of sulfonamides is 1. The van der Waals surface area contributed by atoms with Crippen LogP contribution in [0.4, 0.5) is 0 Å². The molecule has 1 N–H and O–H groups in total. The van der Waals surface area contributed by atoms with E-state index in [1.165, 1.54) is 15.6 Å². The van der Waals surface area contributed by atoms with E-state index in [0.717, 1.165) is 4.88 Å². The van der Waals surface area contributed by atoms with Crippen molar-refractivity contribution in [3.63, 3.8) is 0 Å². The Bertz CT molecular complexity index is 614. The lowest BCUT2D eigenvalue weighted by molar-refractivity contribution is -0.122. The predicted molar refractivity (Wildman–Crippen MR) is 88.4 cm³/mol. The molecule has 0 saturated carbocycles. The average Bonchev–Trinajstić information content (AvgIpc) is 2.86. The summed E-state index contributed by atoms with van der Waals surface area (Å²) < 4.78 is 27.0. The Balaban J connectivity index is 1.90. The second-order valence-corrected chi connectivity index (χ2v) is 9.66. The van der Waals surface area contributed by atoms with Crippen molar-refractivity contribution < 1.29 is 13.2 Å². The Kier molecular flexibility index (Phi) is 5.63. The molecule has 0 bridgehead atoms. The van der Waals surface area contributed by atoms with Gasteiger partial charge in [0.2, 0.25) is 5.91 Å². The first-order chi connectivity index (χ1) is 10.3. The fraction of sp³-hybridized carbons (Fsp3) is 0.667. The number of nitrogens with one attached hydrogen (secondary N) is 1. The van der Waals surface area contributed by atoms with Gasteiger partial charge >= 0.3 is 0 Å². The lowest BCUT2D eigenvalue weighted by atomic mass is 10.1. The Morgan fingerprint density at radius 2 is 2.00 bits per heavy atom. The summed E-state index contributed by atoms with van der Waals surface area (Å²) in [5.41, 5.74) is 0. The van der Waals surface area contributed by atoms with Crippen molar-refractivity contribution in [2.45, 2.75) is 50.3 Å². The van der Waals surface area contributed by atoms with E-state index in [4.69, 9.17) is 0 Å². The van der Waals surface area contributed by atoms with E-state index in [-0.39, 0.29) is 11.9 Å². The number of carbonyl (C=O) groups excluding carboxylic acids is 1. The zero-order valence-electron chi connectivity index (χ0n) is 13.3. The average molecular weight is 345 g/mol. The van der Waals surface area contributed by atoms with Crippen molar-refractivity contribution in [3.8, 4) is 0 Å². The molecule has 1 aliphatic heterocycles. The van der Waals surface area contributed by atoms with Crippen molar-refractivity contribution in [2.24, 2.45) is 5.92 Å². The number of carbonyl (C=O) groups is 1. The highest BCUT2D eigenvalue weighted by Crippen LogP contribution is 2.26. The zero-order valence-corrected chi connectivity index (χ0v) is 15.0. The molecule has 1 amide bonds. The van der Waals surface area contributed by atoms with Crippen LogP contribution >= 0.6 is 11.3 Å². The zero-order chi connectivity index (χ0) is 16.3. The van der Waals surface area contributed by atoms with Crippen LogP contribution in [0.25, 0.3) is 0 Å². The number of amides is 1. The number of hydrogen-bond acceptors (Lipinski definition) is 4. The maximum absolute atomic E-state index is 12.5. The van der Waals surface area contributed by atoms with Gasteiger partial charge in [0.25, 0.3) is 10.0 Å².